The predicted molar refractivity (Wildman–Crippen MR) is 114 cm³/mol. The topological polar surface area (TPSA) is 80.8 Å². The van der Waals surface area contributed by atoms with E-state index in [1.54, 1.807) is 5.38 Å². The number of hydrogen-bond acceptors (Lipinski definition) is 6. The number of carbonyl (C=O) groups is 2. The number of thiazole rings is 1. The number of urea groups is 1. The molecule has 4 bridgehead atoms. The molecule has 0 radical (unpaired) electrons. The first-order chi connectivity index (χ1) is 14.5. The van der Waals surface area contributed by atoms with Crippen molar-refractivity contribution in [2.24, 2.45) is 17.8 Å². The molecule has 7 nitrogen and oxygen atoms in total. The summed E-state index contributed by atoms with van der Waals surface area (Å²) < 4.78 is 10.2. The van der Waals surface area contributed by atoms with Crippen molar-refractivity contribution < 1.29 is 19.1 Å². The van der Waals surface area contributed by atoms with Gasteiger partial charge in [0.15, 0.2) is 5.69 Å². The van der Waals surface area contributed by atoms with E-state index in [0.29, 0.717) is 32.0 Å². The molecule has 8 heteroatoms. The zero-order valence-electron chi connectivity index (χ0n) is 18.0. The number of methoxy groups -OCH3 is 1. The Labute approximate surface area is 182 Å². The molecule has 0 atom stereocenters. The van der Waals surface area contributed by atoms with E-state index in [-0.39, 0.29) is 11.6 Å². The van der Waals surface area contributed by atoms with Crippen LogP contribution in [0.15, 0.2) is 5.38 Å². The van der Waals surface area contributed by atoms with Crippen molar-refractivity contribution in [3.05, 3.63) is 16.1 Å². The van der Waals surface area contributed by atoms with Crippen LogP contribution in [0.1, 0.15) is 67.4 Å². The fourth-order valence-corrected chi connectivity index (χ4v) is 6.85. The van der Waals surface area contributed by atoms with Crippen molar-refractivity contribution in [2.45, 2.75) is 64.0 Å². The highest BCUT2D eigenvalue weighted by atomic mass is 32.1. The molecule has 166 valence electrons. The van der Waals surface area contributed by atoms with Gasteiger partial charge in [-0.1, -0.05) is 0 Å². The summed E-state index contributed by atoms with van der Waals surface area (Å²) in [5, 5.41) is 5.89. The first kappa shape index (κ1) is 21.6. The molecule has 0 aromatic carbocycles. The number of ether oxygens (including phenoxy) is 2. The molecule has 0 aliphatic heterocycles. The molecule has 0 saturated heterocycles. The number of amides is 2. The molecule has 1 N–H and O–H groups in total. The van der Waals surface area contributed by atoms with Crippen molar-refractivity contribution in [3.63, 3.8) is 0 Å². The van der Waals surface area contributed by atoms with Gasteiger partial charge in [0.2, 0.25) is 0 Å². The fourth-order valence-electron chi connectivity index (χ4n) is 6.07. The molecule has 0 unspecified atom stereocenters. The molecule has 4 saturated carbocycles. The Morgan fingerprint density at radius 3 is 2.50 bits per heavy atom. The number of hydrogen-bond donors (Lipinski definition) is 1. The maximum atomic E-state index is 13.4. The molecule has 1 aromatic heterocycles. The van der Waals surface area contributed by atoms with Gasteiger partial charge in [-0.3, -0.25) is 0 Å². The molecule has 4 aliphatic rings. The van der Waals surface area contributed by atoms with E-state index >= 15 is 0 Å². The average Bonchev–Trinajstić information content (AvgIpc) is 3.17. The number of rotatable bonds is 9. The molecular weight excluding hydrogens is 402 g/mol. The molecule has 0 spiro atoms. The summed E-state index contributed by atoms with van der Waals surface area (Å²) in [6, 6.07) is -0.0109. The Kier molecular flexibility index (Phi) is 6.63. The highest BCUT2D eigenvalue weighted by Gasteiger charge is 2.51. The van der Waals surface area contributed by atoms with Crippen LogP contribution in [0.3, 0.4) is 0 Å². The Hall–Kier alpha value is -1.67. The van der Waals surface area contributed by atoms with Gasteiger partial charge in [0.05, 0.1) is 13.7 Å². The predicted octanol–water partition coefficient (Wildman–Crippen LogP) is 3.84. The number of nitrogens with zero attached hydrogens (tertiary/aromatic N) is 2. The largest absolute Gasteiger partial charge is 0.464 e. The van der Waals surface area contributed by atoms with Crippen LogP contribution in [0.2, 0.25) is 0 Å². The monoisotopic (exact) mass is 435 g/mol. The summed E-state index contributed by atoms with van der Waals surface area (Å²) in [4.78, 5) is 31.3. The van der Waals surface area contributed by atoms with E-state index < -0.39 is 5.97 Å². The first-order valence-corrected chi connectivity index (χ1v) is 12.1. The third-order valence-corrected chi connectivity index (χ3v) is 7.72. The lowest BCUT2D eigenvalue weighted by molar-refractivity contribution is -0.0159. The minimum absolute atomic E-state index is 0.0109. The zero-order chi connectivity index (χ0) is 21.1. The van der Waals surface area contributed by atoms with Gasteiger partial charge >= 0.3 is 12.0 Å². The number of aromatic nitrogens is 1. The minimum Gasteiger partial charge on any atom is -0.464 e. The molecule has 1 aromatic rings. The summed E-state index contributed by atoms with van der Waals surface area (Å²) in [5.74, 6) is 1.90. The standard InChI is InChI=1S/C22H33N3O4S/c1-3-29-6-4-5-25(13-19-23-18(14-30-19)20(26)28-2)21(27)24-22-10-15-7-16(11-22)9-17(8-15)12-22/h14-17H,3-13H2,1-2H3,(H,24,27). The smallest absolute Gasteiger partial charge is 0.357 e. The second kappa shape index (κ2) is 9.22. The van der Waals surface area contributed by atoms with E-state index in [9.17, 15) is 9.59 Å². The molecule has 2 amide bonds. The van der Waals surface area contributed by atoms with Gasteiger partial charge in [-0.25, -0.2) is 14.6 Å². The zero-order valence-corrected chi connectivity index (χ0v) is 18.8. The summed E-state index contributed by atoms with van der Waals surface area (Å²) in [6.07, 6.45) is 8.20. The van der Waals surface area contributed by atoms with Crippen LogP contribution in [-0.4, -0.2) is 54.3 Å². The quantitative estimate of drug-likeness (QED) is 0.471. The van der Waals surface area contributed by atoms with Gasteiger partial charge in [0.25, 0.3) is 0 Å². The number of carbonyl (C=O) groups excluding carboxylic acids is 2. The molecular formula is C22H33N3O4S. The van der Waals surface area contributed by atoms with E-state index in [0.717, 1.165) is 48.4 Å². The minimum atomic E-state index is -0.446. The van der Waals surface area contributed by atoms with Crippen molar-refractivity contribution in [1.29, 1.82) is 0 Å². The highest BCUT2D eigenvalue weighted by Crippen LogP contribution is 2.55. The van der Waals surface area contributed by atoms with E-state index in [4.69, 9.17) is 9.47 Å². The fraction of sp³-hybridized carbons (Fsp3) is 0.773. The molecule has 5 rings (SSSR count). The van der Waals surface area contributed by atoms with Crippen molar-refractivity contribution in [3.8, 4) is 0 Å². The van der Waals surface area contributed by atoms with Crippen molar-refractivity contribution >= 4 is 23.3 Å². The van der Waals surface area contributed by atoms with E-state index in [1.807, 2.05) is 11.8 Å². The van der Waals surface area contributed by atoms with Gasteiger partial charge in [-0.15, -0.1) is 11.3 Å². The maximum Gasteiger partial charge on any atom is 0.357 e. The third-order valence-electron chi connectivity index (χ3n) is 6.89. The Balaban J connectivity index is 1.42. The second-order valence-corrected chi connectivity index (χ2v) is 10.2. The SMILES string of the molecule is CCOCCCN(Cc1nc(C(=O)OC)cs1)C(=O)NC12CC3CC(CC(C3)C1)C2. The van der Waals surface area contributed by atoms with Gasteiger partial charge in [-0.2, -0.15) is 0 Å². The summed E-state index contributed by atoms with van der Waals surface area (Å²) in [7, 11) is 1.35. The van der Waals surface area contributed by atoms with Gasteiger partial charge in [0, 0.05) is 30.7 Å². The third kappa shape index (κ3) is 4.80. The second-order valence-electron chi connectivity index (χ2n) is 9.22. The van der Waals surface area contributed by atoms with Crippen LogP contribution in [0.5, 0.6) is 0 Å². The Morgan fingerprint density at radius 1 is 1.23 bits per heavy atom. The van der Waals surface area contributed by atoms with Gasteiger partial charge in [0.1, 0.15) is 5.01 Å². The van der Waals surface area contributed by atoms with Crippen LogP contribution >= 0.6 is 11.3 Å². The number of esters is 1. The average molecular weight is 436 g/mol. The van der Waals surface area contributed by atoms with Crippen LogP contribution in [0.4, 0.5) is 4.79 Å². The molecule has 1 heterocycles. The lowest BCUT2D eigenvalue weighted by atomic mass is 9.53. The van der Waals surface area contributed by atoms with Crippen LogP contribution in [-0.2, 0) is 16.0 Å². The van der Waals surface area contributed by atoms with Crippen LogP contribution < -0.4 is 5.32 Å². The summed E-state index contributed by atoms with van der Waals surface area (Å²) in [6.45, 7) is 4.27. The first-order valence-electron chi connectivity index (χ1n) is 11.2. The lowest BCUT2D eigenvalue weighted by Gasteiger charge is -2.57. The van der Waals surface area contributed by atoms with E-state index in [1.165, 1.54) is 37.7 Å². The molecule has 4 fully saturated rings. The normalized spacial score (nSPS) is 29.1. The number of nitrogens with one attached hydrogen (secondary N) is 1. The Bertz CT molecular complexity index is 730. The highest BCUT2D eigenvalue weighted by molar-refractivity contribution is 7.09. The van der Waals surface area contributed by atoms with Gasteiger partial charge in [-0.05, 0) is 69.6 Å². The Morgan fingerprint density at radius 2 is 1.90 bits per heavy atom. The lowest BCUT2D eigenvalue weighted by Crippen LogP contribution is -2.61. The van der Waals surface area contributed by atoms with E-state index in [2.05, 4.69) is 10.3 Å². The summed E-state index contributed by atoms with van der Waals surface area (Å²) in [5.41, 5.74) is 0.276. The van der Waals surface area contributed by atoms with Gasteiger partial charge < -0.3 is 19.7 Å². The molecule has 30 heavy (non-hydrogen) atoms. The van der Waals surface area contributed by atoms with Crippen molar-refractivity contribution in [1.82, 2.24) is 15.2 Å². The van der Waals surface area contributed by atoms with Crippen LogP contribution in [0, 0.1) is 17.8 Å². The maximum absolute atomic E-state index is 13.4. The van der Waals surface area contributed by atoms with Crippen LogP contribution in [0.25, 0.3) is 0 Å². The summed E-state index contributed by atoms with van der Waals surface area (Å²) >= 11 is 1.39. The molecule has 4 aliphatic carbocycles. The van der Waals surface area contributed by atoms with Crippen molar-refractivity contribution in [2.75, 3.05) is 26.9 Å².